The molecule has 2 N–H and O–H groups in total. The highest BCUT2D eigenvalue weighted by Crippen LogP contribution is 2.20. The molecule has 0 saturated carbocycles. The van der Waals surface area contributed by atoms with Gasteiger partial charge < -0.3 is 10.6 Å². The highest BCUT2D eigenvalue weighted by atomic mass is 35.5. The zero-order valence-electron chi connectivity index (χ0n) is 12.9. The summed E-state index contributed by atoms with van der Waals surface area (Å²) in [6, 6.07) is 14.7. The fraction of sp³-hybridized carbons (Fsp3) is 0.111. The van der Waals surface area contributed by atoms with Gasteiger partial charge in [0.15, 0.2) is 0 Å². The number of carbonyl (C=O) groups excluding carboxylic acids is 1. The molecule has 1 amide bonds. The first-order chi connectivity index (χ1) is 11.0. The maximum atomic E-state index is 12.2. The molecule has 0 aliphatic rings. The molecule has 0 aliphatic heterocycles. The quantitative estimate of drug-likeness (QED) is 0.646. The van der Waals surface area contributed by atoms with Crippen molar-refractivity contribution in [2.45, 2.75) is 13.8 Å². The van der Waals surface area contributed by atoms with Crippen LogP contribution in [0.4, 0.5) is 11.4 Å². The number of nitriles is 1. The molecule has 0 bridgehead atoms. The normalized spacial score (nSPS) is 10.8. The first-order valence-corrected chi connectivity index (χ1v) is 7.39. The Morgan fingerprint density at radius 1 is 1.13 bits per heavy atom. The lowest BCUT2D eigenvalue weighted by Gasteiger charge is -2.09. The summed E-state index contributed by atoms with van der Waals surface area (Å²) in [6.07, 6.45) is 1.38. The molecule has 0 fully saturated rings. The number of carbonyl (C=O) groups is 1. The lowest BCUT2D eigenvalue weighted by Crippen LogP contribution is -2.15. The van der Waals surface area contributed by atoms with Crippen LogP contribution in [-0.4, -0.2) is 5.91 Å². The van der Waals surface area contributed by atoms with E-state index in [1.807, 2.05) is 44.2 Å². The fourth-order valence-electron chi connectivity index (χ4n) is 1.95. The zero-order chi connectivity index (χ0) is 16.8. The van der Waals surface area contributed by atoms with Gasteiger partial charge in [-0.3, -0.25) is 4.79 Å². The summed E-state index contributed by atoms with van der Waals surface area (Å²) in [5.74, 6) is -0.464. The van der Waals surface area contributed by atoms with Gasteiger partial charge in [-0.2, -0.15) is 5.26 Å². The van der Waals surface area contributed by atoms with Crippen molar-refractivity contribution in [1.29, 1.82) is 5.26 Å². The second-order valence-electron chi connectivity index (χ2n) is 5.04. The van der Waals surface area contributed by atoms with Gasteiger partial charge in [-0.15, -0.1) is 0 Å². The van der Waals surface area contributed by atoms with Crippen LogP contribution in [0.5, 0.6) is 0 Å². The minimum Gasteiger partial charge on any atom is -0.360 e. The van der Waals surface area contributed by atoms with Crippen molar-refractivity contribution in [3.8, 4) is 6.07 Å². The van der Waals surface area contributed by atoms with Gasteiger partial charge in [0.05, 0.1) is 0 Å². The van der Waals surface area contributed by atoms with E-state index in [9.17, 15) is 10.1 Å². The summed E-state index contributed by atoms with van der Waals surface area (Å²) in [5, 5.41) is 15.5. The van der Waals surface area contributed by atoms with E-state index in [-0.39, 0.29) is 5.57 Å². The summed E-state index contributed by atoms with van der Waals surface area (Å²) in [5.41, 5.74) is 3.29. The van der Waals surface area contributed by atoms with Crippen LogP contribution in [0.3, 0.4) is 0 Å². The van der Waals surface area contributed by atoms with Crippen molar-refractivity contribution in [3.63, 3.8) is 0 Å². The second-order valence-corrected chi connectivity index (χ2v) is 5.48. The number of halogens is 1. The molecule has 2 aromatic rings. The van der Waals surface area contributed by atoms with Crippen LogP contribution in [0.25, 0.3) is 0 Å². The van der Waals surface area contributed by atoms with Gasteiger partial charge in [0.2, 0.25) is 0 Å². The summed E-state index contributed by atoms with van der Waals surface area (Å²) >= 11 is 5.95. The third-order valence-electron chi connectivity index (χ3n) is 3.33. The first kappa shape index (κ1) is 16.6. The largest absolute Gasteiger partial charge is 0.360 e. The average Bonchev–Trinajstić information content (AvgIpc) is 2.53. The molecule has 4 nitrogen and oxygen atoms in total. The predicted octanol–water partition coefficient (Wildman–Crippen LogP) is 4.41. The van der Waals surface area contributed by atoms with Crippen molar-refractivity contribution in [1.82, 2.24) is 0 Å². The van der Waals surface area contributed by atoms with Crippen LogP contribution in [0.15, 0.2) is 54.2 Å². The van der Waals surface area contributed by atoms with E-state index in [0.717, 1.165) is 16.8 Å². The molecule has 116 valence electrons. The molecule has 0 radical (unpaired) electrons. The summed E-state index contributed by atoms with van der Waals surface area (Å²) in [4.78, 5) is 12.2. The molecule has 0 unspecified atom stereocenters. The molecule has 0 heterocycles. The number of rotatable bonds is 4. The molecule has 2 aromatic carbocycles. The van der Waals surface area contributed by atoms with Crippen molar-refractivity contribution in [2.75, 3.05) is 10.6 Å². The van der Waals surface area contributed by atoms with Gasteiger partial charge in [0, 0.05) is 22.6 Å². The van der Waals surface area contributed by atoms with E-state index < -0.39 is 5.91 Å². The Hall–Kier alpha value is -2.77. The van der Waals surface area contributed by atoms with Crippen LogP contribution in [0.2, 0.25) is 5.02 Å². The minimum atomic E-state index is -0.464. The molecule has 0 aliphatic carbocycles. The van der Waals surface area contributed by atoms with E-state index in [1.165, 1.54) is 6.20 Å². The first-order valence-electron chi connectivity index (χ1n) is 7.01. The standard InChI is InChI=1S/C18H16ClN3O/c1-12-5-3-4-6-16(12)22-18(23)14(10-20)11-21-17-9-15(19)8-7-13(17)2/h3-9,11,21H,1-2H3,(H,22,23)/b14-11-. The molecule has 0 aromatic heterocycles. The van der Waals surface area contributed by atoms with Gasteiger partial charge in [-0.1, -0.05) is 35.9 Å². The van der Waals surface area contributed by atoms with Gasteiger partial charge in [0.25, 0.3) is 5.91 Å². The third-order valence-corrected chi connectivity index (χ3v) is 3.57. The number of para-hydroxylation sites is 1. The molecule has 5 heteroatoms. The number of aryl methyl sites for hydroxylation is 2. The van der Waals surface area contributed by atoms with Crippen LogP contribution < -0.4 is 10.6 Å². The third kappa shape index (κ3) is 4.35. The lowest BCUT2D eigenvalue weighted by atomic mass is 10.2. The maximum Gasteiger partial charge on any atom is 0.267 e. The molecule has 0 atom stereocenters. The number of nitrogens with zero attached hydrogens (tertiary/aromatic N) is 1. The Kier molecular flexibility index (Phi) is 5.40. The van der Waals surface area contributed by atoms with E-state index in [0.29, 0.717) is 10.7 Å². The van der Waals surface area contributed by atoms with E-state index >= 15 is 0 Å². The molecule has 2 rings (SSSR count). The van der Waals surface area contributed by atoms with Crippen LogP contribution in [0, 0.1) is 25.2 Å². The van der Waals surface area contributed by atoms with Crippen LogP contribution >= 0.6 is 11.6 Å². The van der Waals surface area contributed by atoms with E-state index in [4.69, 9.17) is 11.6 Å². The molecule has 0 saturated heterocycles. The summed E-state index contributed by atoms with van der Waals surface area (Å²) < 4.78 is 0. The zero-order valence-corrected chi connectivity index (χ0v) is 13.6. The number of amides is 1. The predicted molar refractivity (Wildman–Crippen MR) is 93.3 cm³/mol. The fourth-order valence-corrected chi connectivity index (χ4v) is 2.12. The molecule has 0 spiro atoms. The van der Waals surface area contributed by atoms with E-state index in [2.05, 4.69) is 10.6 Å². The van der Waals surface area contributed by atoms with Gasteiger partial charge in [-0.25, -0.2) is 0 Å². The van der Waals surface area contributed by atoms with E-state index in [1.54, 1.807) is 18.2 Å². The Labute approximate surface area is 140 Å². The number of hydrogen-bond acceptors (Lipinski definition) is 3. The SMILES string of the molecule is Cc1ccc(Cl)cc1N/C=C(/C#N)C(=O)Nc1ccccc1C. The Morgan fingerprint density at radius 2 is 1.83 bits per heavy atom. The number of nitrogens with one attached hydrogen (secondary N) is 2. The number of hydrogen-bond donors (Lipinski definition) is 2. The second kappa shape index (κ2) is 7.48. The van der Waals surface area contributed by atoms with Gasteiger partial charge >= 0.3 is 0 Å². The van der Waals surface area contributed by atoms with Crippen molar-refractivity contribution in [3.05, 3.63) is 70.4 Å². The minimum absolute atomic E-state index is 0.0207. The Morgan fingerprint density at radius 3 is 2.52 bits per heavy atom. The molecule has 23 heavy (non-hydrogen) atoms. The summed E-state index contributed by atoms with van der Waals surface area (Å²) in [6.45, 7) is 3.80. The van der Waals surface area contributed by atoms with Gasteiger partial charge in [0.1, 0.15) is 11.6 Å². The van der Waals surface area contributed by atoms with Gasteiger partial charge in [-0.05, 0) is 43.2 Å². The summed E-state index contributed by atoms with van der Waals surface area (Å²) in [7, 11) is 0. The Balaban J connectivity index is 2.16. The highest BCUT2D eigenvalue weighted by Gasteiger charge is 2.10. The maximum absolute atomic E-state index is 12.2. The topological polar surface area (TPSA) is 64.9 Å². The van der Waals surface area contributed by atoms with Crippen molar-refractivity contribution in [2.24, 2.45) is 0 Å². The highest BCUT2D eigenvalue weighted by molar-refractivity contribution is 6.30. The van der Waals surface area contributed by atoms with Crippen LogP contribution in [0.1, 0.15) is 11.1 Å². The monoisotopic (exact) mass is 325 g/mol. The van der Waals surface area contributed by atoms with Crippen molar-refractivity contribution >= 4 is 28.9 Å². The van der Waals surface area contributed by atoms with Crippen molar-refractivity contribution < 1.29 is 4.79 Å². The molecular weight excluding hydrogens is 310 g/mol. The molecular formula is C18H16ClN3O. The lowest BCUT2D eigenvalue weighted by molar-refractivity contribution is -0.112. The average molecular weight is 326 g/mol. The number of benzene rings is 2. The number of anilines is 2. The Bertz CT molecular complexity index is 806. The van der Waals surface area contributed by atoms with Crippen LogP contribution in [-0.2, 0) is 4.79 Å². The smallest absolute Gasteiger partial charge is 0.267 e.